The van der Waals surface area contributed by atoms with Crippen LogP contribution in [0.3, 0.4) is 0 Å². The van der Waals surface area contributed by atoms with E-state index in [1.807, 2.05) is 12.1 Å². The van der Waals surface area contributed by atoms with Crippen molar-refractivity contribution in [2.45, 2.75) is 63.6 Å². The van der Waals surface area contributed by atoms with Crippen LogP contribution in [0.2, 0.25) is 5.02 Å². The Bertz CT molecular complexity index is 1530. The van der Waals surface area contributed by atoms with Crippen molar-refractivity contribution in [3.05, 3.63) is 52.7 Å². The molecular formula is C33H40ClN7O3. The van der Waals surface area contributed by atoms with Crippen molar-refractivity contribution in [1.29, 1.82) is 5.26 Å². The van der Waals surface area contributed by atoms with Gasteiger partial charge in [0.05, 0.1) is 42.4 Å². The van der Waals surface area contributed by atoms with Gasteiger partial charge in [0.15, 0.2) is 0 Å². The molecule has 11 heteroatoms. The quantitative estimate of drug-likeness (QED) is 0.308. The van der Waals surface area contributed by atoms with Crippen molar-refractivity contribution in [3.8, 4) is 12.1 Å². The van der Waals surface area contributed by atoms with E-state index in [1.54, 1.807) is 0 Å². The van der Waals surface area contributed by atoms with Crippen LogP contribution in [-0.4, -0.2) is 89.4 Å². The normalized spacial score (nSPS) is 19.0. The van der Waals surface area contributed by atoms with E-state index in [4.69, 9.17) is 26.3 Å². The number of hydrogen-bond donors (Lipinski definition) is 1. The number of carbonyl (C=O) groups is 1. The summed E-state index contributed by atoms with van der Waals surface area (Å²) in [6.07, 6.45) is 5.91. The highest BCUT2D eigenvalue weighted by molar-refractivity contribution is 6.36. The Morgan fingerprint density at radius 1 is 1.14 bits per heavy atom. The highest BCUT2D eigenvalue weighted by atomic mass is 35.5. The Balaban J connectivity index is 1.27. The molecule has 3 aromatic rings. The fourth-order valence-corrected chi connectivity index (χ4v) is 7.32. The van der Waals surface area contributed by atoms with Crippen molar-refractivity contribution in [2.24, 2.45) is 0 Å². The Kier molecular flexibility index (Phi) is 9.24. The van der Waals surface area contributed by atoms with E-state index in [9.17, 15) is 15.2 Å². The fraction of sp³-hybridized carbons (Fsp3) is 0.515. The first-order valence-corrected chi connectivity index (χ1v) is 16.1. The van der Waals surface area contributed by atoms with Crippen LogP contribution >= 0.6 is 11.6 Å². The molecule has 0 bridgehead atoms. The van der Waals surface area contributed by atoms with Gasteiger partial charge in [0, 0.05) is 55.4 Å². The van der Waals surface area contributed by atoms with E-state index in [0.717, 1.165) is 64.5 Å². The monoisotopic (exact) mass is 617 g/mol. The molecule has 44 heavy (non-hydrogen) atoms. The second-order valence-electron chi connectivity index (χ2n) is 12.1. The van der Waals surface area contributed by atoms with E-state index in [0.29, 0.717) is 44.8 Å². The molecule has 1 aromatic heterocycles. The molecule has 0 spiro atoms. The Labute approximate surface area is 263 Å². The maximum atomic E-state index is 11.9. The lowest BCUT2D eigenvalue weighted by Crippen LogP contribution is -2.55. The Morgan fingerprint density at radius 2 is 1.93 bits per heavy atom. The standard InChI is InChI=1S/C33H40ClN7O3/c1-38(24-9-2-3-10-24)16-6-20-44-32-36-28-22-39(29-12-5-8-23-7-4-11-27(34)30(23)29)17-14-26(28)31(37-32)40-18-19-41(33(42)43)25(21-40)13-15-35/h4-5,7-8,11-12,24-25H,2-3,6,9-10,13-14,16-22H2,1H3,(H,42,43). The van der Waals surface area contributed by atoms with Gasteiger partial charge >= 0.3 is 12.1 Å². The lowest BCUT2D eigenvalue weighted by atomic mass is 10.0. The van der Waals surface area contributed by atoms with E-state index in [-0.39, 0.29) is 6.42 Å². The zero-order valence-electron chi connectivity index (χ0n) is 25.3. The summed E-state index contributed by atoms with van der Waals surface area (Å²) in [6, 6.07) is 15.0. The summed E-state index contributed by atoms with van der Waals surface area (Å²) in [5, 5.41) is 22.0. The van der Waals surface area contributed by atoms with Gasteiger partial charge in [0.2, 0.25) is 0 Å². The number of hydrogen-bond acceptors (Lipinski definition) is 8. The molecule has 2 aliphatic heterocycles. The summed E-state index contributed by atoms with van der Waals surface area (Å²) < 4.78 is 6.21. The van der Waals surface area contributed by atoms with Gasteiger partial charge in [-0.05, 0) is 50.2 Å². The summed E-state index contributed by atoms with van der Waals surface area (Å²) in [4.78, 5) is 30.0. The van der Waals surface area contributed by atoms with Gasteiger partial charge < -0.3 is 29.4 Å². The van der Waals surface area contributed by atoms with E-state index < -0.39 is 12.1 Å². The van der Waals surface area contributed by atoms with Gasteiger partial charge in [-0.25, -0.2) is 4.79 Å². The third-order valence-electron chi connectivity index (χ3n) is 9.38. The number of amides is 1. The summed E-state index contributed by atoms with van der Waals surface area (Å²) in [6.45, 7) is 4.02. The van der Waals surface area contributed by atoms with Gasteiger partial charge in [-0.2, -0.15) is 15.2 Å². The molecule has 1 atom stereocenters. The lowest BCUT2D eigenvalue weighted by Gasteiger charge is -2.41. The molecule has 1 amide bonds. The van der Waals surface area contributed by atoms with E-state index in [2.05, 4.69) is 52.1 Å². The number of piperazine rings is 1. The Hall–Kier alpha value is -3.81. The number of nitrogens with zero attached hydrogens (tertiary/aromatic N) is 7. The number of ether oxygens (including phenoxy) is 1. The largest absolute Gasteiger partial charge is 0.465 e. The number of halogens is 1. The van der Waals surface area contributed by atoms with Gasteiger partial charge in [0.25, 0.3) is 0 Å². The van der Waals surface area contributed by atoms with Crippen LogP contribution in [0.1, 0.15) is 49.8 Å². The molecule has 1 aliphatic carbocycles. The molecule has 2 aromatic carbocycles. The predicted octanol–water partition coefficient (Wildman–Crippen LogP) is 5.57. The third-order valence-corrected chi connectivity index (χ3v) is 9.70. The zero-order valence-corrected chi connectivity index (χ0v) is 26.0. The molecule has 2 fully saturated rings. The average Bonchev–Trinajstić information content (AvgIpc) is 3.58. The van der Waals surface area contributed by atoms with Crippen molar-refractivity contribution >= 4 is 40.0 Å². The SMILES string of the molecule is CN(CCCOc1nc2c(c(N3CCN(C(=O)O)C(CC#N)C3)n1)CCN(c1cccc3cccc(Cl)c13)C2)C1CCCC1. The molecule has 232 valence electrons. The van der Waals surface area contributed by atoms with Crippen LogP contribution in [0, 0.1) is 11.3 Å². The Morgan fingerprint density at radius 3 is 2.70 bits per heavy atom. The van der Waals surface area contributed by atoms with Gasteiger partial charge in [-0.1, -0.05) is 48.7 Å². The summed E-state index contributed by atoms with van der Waals surface area (Å²) >= 11 is 6.69. The van der Waals surface area contributed by atoms with Crippen LogP contribution in [-0.2, 0) is 13.0 Å². The van der Waals surface area contributed by atoms with Crippen LogP contribution in [0.15, 0.2) is 36.4 Å². The maximum absolute atomic E-state index is 11.9. The number of fused-ring (bicyclic) bond motifs is 2. The molecule has 1 unspecified atom stereocenters. The fourth-order valence-electron chi connectivity index (χ4n) is 7.04. The second-order valence-corrected chi connectivity index (χ2v) is 12.5. The van der Waals surface area contributed by atoms with Crippen LogP contribution in [0.25, 0.3) is 10.8 Å². The molecule has 1 saturated carbocycles. The molecule has 3 heterocycles. The molecule has 10 nitrogen and oxygen atoms in total. The zero-order chi connectivity index (χ0) is 30.6. The van der Waals surface area contributed by atoms with Gasteiger partial charge in [0.1, 0.15) is 5.82 Å². The van der Waals surface area contributed by atoms with Crippen LogP contribution in [0.4, 0.5) is 16.3 Å². The van der Waals surface area contributed by atoms with Crippen molar-refractivity contribution in [1.82, 2.24) is 19.8 Å². The smallest absolute Gasteiger partial charge is 0.407 e. The number of nitriles is 1. The third kappa shape index (κ3) is 6.35. The van der Waals surface area contributed by atoms with Crippen LogP contribution < -0.4 is 14.5 Å². The first-order chi connectivity index (χ1) is 21.4. The number of carboxylic acid groups (broad SMARTS) is 1. The predicted molar refractivity (Wildman–Crippen MR) is 172 cm³/mol. The lowest BCUT2D eigenvalue weighted by molar-refractivity contribution is 0.119. The van der Waals surface area contributed by atoms with Crippen molar-refractivity contribution < 1.29 is 14.6 Å². The molecular weight excluding hydrogens is 578 g/mol. The number of aromatic nitrogens is 2. The minimum Gasteiger partial charge on any atom is -0.465 e. The number of rotatable bonds is 9. The van der Waals surface area contributed by atoms with Crippen molar-refractivity contribution in [3.63, 3.8) is 0 Å². The molecule has 1 N–H and O–H groups in total. The molecule has 0 radical (unpaired) electrons. The van der Waals surface area contributed by atoms with Crippen LogP contribution in [0.5, 0.6) is 6.01 Å². The number of benzene rings is 2. The van der Waals surface area contributed by atoms with Gasteiger partial charge in [-0.3, -0.25) is 0 Å². The highest BCUT2D eigenvalue weighted by Crippen LogP contribution is 2.37. The van der Waals surface area contributed by atoms with E-state index in [1.165, 1.54) is 30.6 Å². The minimum atomic E-state index is -0.995. The average molecular weight is 618 g/mol. The molecule has 3 aliphatic rings. The summed E-state index contributed by atoms with van der Waals surface area (Å²) in [5.41, 5.74) is 3.03. The summed E-state index contributed by atoms with van der Waals surface area (Å²) in [7, 11) is 2.20. The minimum absolute atomic E-state index is 0.129. The topological polar surface area (TPSA) is 109 Å². The summed E-state index contributed by atoms with van der Waals surface area (Å²) in [5.74, 6) is 0.789. The molecule has 1 saturated heterocycles. The maximum Gasteiger partial charge on any atom is 0.407 e. The molecule has 6 rings (SSSR count). The first kappa shape index (κ1) is 30.2. The highest BCUT2D eigenvalue weighted by Gasteiger charge is 2.34. The number of anilines is 2. The first-order valence-electron chi connectivity index (χ1n) is 15.7. The second kappa shape index (κ2) is 13.4. The van der Waals surface area contributed by atoms with E-state index >= 15 is 0 Å². The van der Waals surface area contributed by atoms with Gasteiger partial charge in [-0.15, -0.1) is 0 Å². The van der Waals surface area contributed by atoms with Crippen molar-refractivity contribution in [2.75, 3.05) is 56.2 Å².